The molecule has 2 nitrogen and oxygen atoms in total. The molecular weight excluding hydrogens is 172 g/mol. The van der Waals surface area contributed by atoms with Gasteiger partial charge in [-0.1, -0.05) is 11.6 Å². The highest BCUT2D eigenvalue weighted by molar-refractivity contribution is 6.29. The van der Waals surface area contributed by atoms with Crippen molar-refractivity contribution in [3.63, 3.8) is 0 Å². The number of halogens is 1. The van der Waals surface area contributed by atoms with E-state index in [1.807, 2.05) is 12.1 Å². The van der Waals surface area contributed by atoms with Crippen molar-refractivity contribution < 1.29 is 0 Å². The summed E-state index contributed by atoms with van der Waals surface area (Å²) < 4.78 is 0. The number of nitrogens with zero attached hydrogens (tertiary/aromatic N) is 1. The van der Waals surface area contributed by atoms with Gasteiger partial charge in [0.15, 0.2) is 0 Å². The molecule has 1 heterocycles. The lowest BCUT2D eigenvalue weighted by molar-refractivity contribution is 0.703. The Bertz CT molecular complexity index is 294. The lowest BCUT2D eigenvalue weighted by atomic mass is 9.98. The molecule has 12 heavy (non-hydrogen) atoms. The van der Waals surface area contributed by atoms with Gasteiger partial charge in [-0.2, -0.15) is 0 Å². The van der Waals surface area contributed by atoms with Crippen LogP contribution >= 0.6 is 11.6 Å². The highest BCUT2D eigenvalue weighted by atomic mass is 35.5. The van der Waals surface area contributed by atoms with Gasteiger partial charge in [-0.3, -0.25) is 0 Å². The Balaban J connectivity index is 2.34. The van der Waals surface area contributed by atoms with Crippen LogP contribution in [0.25, 0.3) is 0 Å². The molecule has 0 atom stereocenters. The molecule has 1 fully saturated rings. The molecule has 1 aromatic rings. The highest BCUT2D eigenvalue weighted by Gasteiger charge is 2.42. The van der Waals surface area contributed by atoms with E-state index in [1.54, 1.807) is 6.20 Å². The van der Waals surface area contributed by atoms with Gasteiger partial charge in [0.1, 0.15) is 5.15 Å². The third kappa shape index (κ3) is 1.21. The first-order valence-corrected chi connectivity index (χ1v) is 4.47. The Kier molecular flexibility index (Phi) is 1.81. The van der Waals surface area contributed by atoms with Gasteiger partial charge in [0, 0.05) is 18.2 Å². The van der Waals surface area contributed by atoms with Crippen molar-refractivity contribution in [2.75, 3.05) is 6.54 Å². The van der Waals surface area contributed by atoms with Crippen LogP contribution in [0.15, 0.2) is 18.3 Å². The van der Waals surface area contributed by atoms with E-state index in [4.69, 9.17) is 17.3 Å². The van der Waals surface area contributed by atoms with E-state index in [0.29, 0.717) is 11.7 Å². The van der Waals surface area contributed by atoms with Crippen molar-refractivity contribution in [1.82, 2.24) is 4.98 Å². The summed E-state index contributed by atoms with van der Waals surface area (Å²) in [4.78, 5) is 3.94. The lowest BCUT2D eigenvalue weighted by Crippen LogP contribution is -2.19. The maximum atomic E-state index is 5.78. The monoisotopic (exact) mass is 182 g/mol. The zero-order chi connectivity index (χ0) is 8.60. The summed E-state index contributed by atoms with van der Waals surface area (Å²) in [6, 6.07) is 3.92. The number of aromatic nitrogens is 1. The molecule has 0 saturated heterocycles. The molecular formula is C9H11ClN2. The fraction of sp³-hybridized carbons (Fsp3) is 0.444. The first-order valence-electron chi connectivity index (χ1n) is 4.09. The first-order chi connectivity index (χ1) is 5.77. The summed E-state index contributed by atoms with van der Waals surface area (Å²) in [5, 5.41) is 0.562. The van der Waals surface area contributed by atoms with Gasteiger partial charge in [-0.25, -0.2) is 4.98 Å². The molecule has 0 radical (unpaired) electrons. The summed E-state index contributed by atoms with van der Waals surface area (Å²) in [6.45, 7) is 0.716. The predicted molar refractivity (Wildman–Crippen MR) is 49.2 cm³/mol. The number of rotatable bonds is 2. The van der Waals surface area contributed by atoms with Crippen LogP contribution in [0.4, 0.5) is 0 Å². The molecule has 1 saturated carbocycles. The van der Waals surface area contributed by atoms with Crippen molar-refractivity contribution in [1.29, 1.82) is 0 Å². The Morgan fingerprint density at radius 3 is 2.83 bits per heavy atom. The van der Waals surface area contributed by atoms with Gasteiger partial charge in [-0.15, -0.1) is 0 Å². The van der Waals surface area contributed by atoms with Crippen LogP contribution < -0.4 is 5.73 Å². The van der Waals surface area contributed by atoms with E-state index in [9.17, 15) is 0 Å². The van der Waals surface area contributed by atoms with E-state index in [2.05, 4.69) is 4.98 Å². The van der Waals surface area contributed by atoms with Gasteiger partial charge in [-0.05, 0) is 30.5 Å². The van der Waals surface area contributed by atoms with Crippen molar-refractivity contribution in [3.05, 3.63) is 29.0 Å². The van der Waals surface area contributed by atoms with E-state index in [1.165, 1.54) is 18.4 Å². The van der Waals surface area contributed by atoms with E-state index in [0.717, 1.165) is 0 Å². The van der Waals surface area contributed by atoms with Crippen LogP contribution in [0.3, 0.4) is 0 Å². The smallest absolute Gasteiger partial charge is 0.129 e. The van der Waals surface area contributed by atoms with Gasteiger partial charge in [0.25, 0.3) is 0 Å². The zero-order valence-electron chi connectivity index (χ0n) is 6.76. The van der Waals surface area contributed by atoms with Crippen molar-refractivity contribution in [2.45, 2.75) is 18.3 Å². The third-order valence-corrected chi connectivity index (χ3v) is 2.79. The van der Waals surface area contributed by atoms with E-state index in [-0.39, 0.29) is 5.41 Å². The van der Waals surface area contributed by atoms with Crippen LogP contribution in [-0.2, 0) is 5.41 Å². The fourth-order valence-electron chi connectivity index (χ4n) is 1.49. The Hall–Kier alpha value is -0.600. The maximum Gasteiger partial charge on any atom is 0.129 e. The number of hydrogen-bond acceptors (Lipinski definition) is 2. The molecule has 0 bridgehead atoms. The molecule has 64 valence electrons. The normalized spacial score (nSPS) is 19.2. The standard InChI is InChI=1S/C9H11ClN2/c10-8-5-7(1-4-12-8)9(6-11)2-3-9/h1,4-5H,2-3,6,11H2. The minimum atomic E-state index is 0.229. The molecule has 0 aliphatic heterocycles. The van der Waals surface area contributed by atoms with Crippen molar-refractivity contribution in [3.8, 4) is 0 Å². The molecule has 0 unspecified atom stereocenters. The quantitative estimate of drug-likeness (QED) is 0.708. The summed E-state index contributed by atoms with van der Waals surface area (Å²) in [5.74, 6) is 0. The Morgan fingerprint density at radius 1 is 1.58 bits per heavy atom. The van der Waals surface area contributed by atoms with Gasteiger partial charge < -0.3 is 5.73 Å². The maximum absolute atomic E-state index is 5.78. The summed E-state index contributed by atoms with van der Waals surface area (Å²) in [6.07, 6.45) is 4.11. The summed E-state index contributed by atoms with van der Waals surface area (Å²) in [7, 11) is 0. The second-order valence-electron chi connectivity index (χ2n) is 3.35. The summed E-state index contributed by atoms with van der Waals surface area (Å²) >= 11 is 5.78. The van der Waals surface area contributed by atoms with Crippen molar-refractivity contribution >= 4 is 11.6 Å². The van der Waals surface area contributed by atoms with Gasteiger partial charge >= 0.3 is 0 Å². The zero-order valence-corrected chi connectivity index (χ0v) is 7.51. The van der Waals surface area contributed by atoms with Crippen LogP contribution in [0.2, 0.25) is 5.15 Å². The van der Waals surface area contributed by atoms with Crippen LogP contribution in [-0.4, -0.2) is 11.5 Å². The average Bonchev–Trinajstić information content (AvgIpc) is 2.84. The summed E-state index contributed by atoms with van der Waals surface area (Å²) in [5.41, 5.74) is 7.16. The molecule has 1 aliphatic carbocycles. The van der Waals surface area contributed by atoms with Crippen LogP contribution in [0, 0.1) is 0 Å². The molecule has 1 aliphatic rings. The Labute approximate surface area is 76.7 Å². The Morgan fingerprint density at radius 2 is 2.33 bits per heavy atom. The topological polar surface area (TPSA) is 38.9 Å². The second kappa shape index (κ2) is 2.71. The molecule has 1 aromatic heterocycles. The van der Waals surface area contributed by atoms with Crippen LogP contribution in [0.1, 0.15) is 18.4 Å². The van der Waals surface area contributed by atoms with Crippen molar-refractivity contribution in [2.24, 2.45) is 5.73 Å². The molecule has 3 heteroatoms. The third-order valence-electron chi connectivity index (χ3n) is 2.58. The van der Waals surface area contributed by atoms with Gasteiger partial charge in [0.2, 0.25) is 0 Å². The number of pyridine rings is 1. The highest BCUT2D eigenvalue weighted by Crippen LogP contribution is 2.47. The van der Waals surface area contributed by atoms with Crippen LogP contribution in [0.5, 0.6) is 0 Å². The minimum Gasteiger partial charge on any atom is -0.330 e. The fourth-order valence-corrected chi connectivity index (χ4v) is 1.67. The predicted octanol–water partition coefficient (Wildman–Crippen LogP) is 1.73. The first kappa shape index (κ1) is 8.02. The molecule has 2 rings (SSSR count). The van der Waals surface area contributed by atoms with E-state index >= 15 is 0 Å². The molecule has 0 amide bonds. The number of hydrogen-bond donors (Lipinski definition) is 1. The SMILES string of the molecule is NCC1(c2ccnc(Cl)c2)CC1. The molecule has 2 N–H and O–H groups in total. The minimum absolute atomic E-state index is 0.229. The largest absolute Gasteiger partial charge is 0.330 e. The molecule has 0 aromatic carbocycles. The van der Waals surface area contributed by atoms with Gasteiger partial charge in [0.05, 0.1) is 0 Å². The number of nitrogens with two attached hydrogens (primary N) is 1. The average molecular weight is 183 g/mol. The lowest BCUT2D eigenvalue weighted by Gasteiger charge is -2.11. The second-order valence-corrected chi connectivity index (χ2v) is 3.74. The van der Waals surface area contributed by atoms with E-state index < -0.39 is 0 Å². The molecule has 0 spiro atoms.